The molecule has 4 heteroatoms. The summed E-state index contributed by atoms with van der Waals surface area (Å²) in [4.78, 5) is 4.78. The maximum absolute atomic E-state index is 10.3. The van der Waals surface area contributed by atoms with Gasteiger partial charge in [0.25, 0.3) is 0 Å². The third-order valence-corrected chi connectivity index (χ3v) is 3.84. The fourth-order valence-corrected chi connectivity index (χ4v) is 2.46. The van der Waals surface area contributed by atoms with Gasteiger partial charge in [-0.05, 0) is 24.2 Å². The standard InChI is InChI=1S/C15H24N2O2/c1-3-16-8-10-17(11-9-16)12-15(18)13-4-6-14(19-2)7-5-13/h4-7,15,18H,3,8-12H2,1-2H3. The third kappa shape index (κ3) is 3.93. The van der Waals surface area contributed by atoms with Crippen molar-refractivity contribution in [3.05, 3.63) is 29.8 Å². The highest BCUT2D eigenvalue weighted by atomic mass is 16.5. The zero-order valence-electron chi connectivity index (χ0n) is 11.9. The fraction of sp³-hybridized carbons (Fsp3) is 0.600. The first-order valence-corrected chi connectivity index (χ1v) is 6.99. The number of ether oxygens (including phenoxy) is 1. The van der Waals surface area contributed by atoms with Crippen LogP contribution < -0.4 is 4.74 Å². The summed E-state index contributed by atoms with van der Waals surface area (Å²) in [6, 6.07) is 7.67. The molecule has 4 nitrogen and oxygen atoms in total. The molecule has 1 unspecified atom stereocenters. The monoisotopic (exact) mass is 264 g/mol. The minimum Gasteiger partial charge on any atom is -0.497 e. The molecule has 1 N–H and O–H groups in total. The molecule has 1 aromatic carbocycles. The number of benzene rings is 1. The number of rotatable bonds is 5. The minimum absolute atomic E-state index is 0.418. The summed E-state index contributed by atoms with van der Waals surface area (Å²) in [6.45, 7) is 8.32. The smallest absolute Gasteiger partial charge is 0.118 e. The maximum atomic E-state index is 10.3. The number of nitrogens with zero attached hydrogens (tertiary/aromatic N) is 2. The van der Waals surface area contributed by atoms with E-state index in [1.165, 1.54) is 0 Å². The van der Waals surface area contributed by atoms with E-state index in [9.17, 15) is 5.11 Å². The van der Waals surface area contributed by atoms with Gasteiger partial charge in [0, 0.05) is 32.7 Å². The summed E-state index contributed by atoms with van der Waals surface area (Å²) < 4.78 is 5.13. The molecule has 1 aromatic rings. The first kappa shape index (κ1) is 14.3. The minimum atomic E-state index is -0.418. The second kappa shape index (κ2) is 6.89. The predicted octanol–water partition coefficient (Wildman–Crippen LogP) is 1.37. The van der Waals surface area contributed by atoms with E-state index < -0.39 is 6.10 Å². The molecule has 1 aliphatic rings. The Morgan fingerprint density at radius 2 is 1.68 bits per heavy atom. The van der Waals surface area contributed by atoms with Gasteiger partial charge in [0.15, 0.2) is 0 Å². The van der Waals surface area contributed by atoms with E-state index in [1.807, 2.05) is 24.3 Å². The summed E-state index contributed by atoms with van der Waals surface area (Å²) in [6.07, 6.45) is -0.418. The Bertz CT molecular complexity index is 372. The molecule has 0 amide bonds. The van der Waals surface area contributed by atoms with Crippen LogP contribution in [0.25, 0.3) is 0 Å². The molecule has 0 aliphatic carbocycles. The molecule has 0 spiro atoms. The SMILES string of the molecule is CCN1CCN(CC(O)c2ccc(OC)cc2)CC1. The van der Waals surface area contributed by atoms with Crippen LogP contribution in [0.1, 0.15) is 18.6 Å². The van der Waals surface area contributed by atoms with Crippen molar-refractivity contribution in [2.45, 2.75) is 13.0 Å². The van der Waals surface area contributed by atoms with Crippen molar-refractivity contribution >= 4 is 0 Å². The molecule has 1 saturated heterocycles. The number of likely N-dealkylation sites (N-methyl/N-ethyl adjacent to an activating group) is 1. The van der Waals surface area contributed by atoms with Crippen LogP contribution in [0.3, 0.4) is 0 Å². The lowest BCUT2D eigenvalue weighted by atomic mass is 10.1. The molecule has 1 aliphatic heterocycles. The lowest BCUT2D eigenvalue weighted by Gasteiger charge is -2.35. The average molecular weight is 264 g/mol. The number of β-amino-alcohol motifs (C(OH)–C–C–N with tert-alkyl or cyclic N) is 1. The molecular weight excluding hydrogens is 240 g/mol. The molecule has 0 bridgehead atoms. The van der Waals surface area contributed by atoms with Gasteiger partial charge in [-0.1, -0.05) is 19.1 Å². The first-order chi connectivity index (χ1) is 9.22. The summed E-state index contributed by atoms with van der Waals surface area (Å²) in [5.41, 5.74) is 0.957. The summed E-state index contributed by atoms with van der Waals surface area (Å²) in [5, 5.41) is 10.3. The fourth-order valence-electron chi connectivity index (χ4n) is 2.46. The van der Waals surface area contributed by atoms with Crippen LogP contribution in [0, 0.1) is 0 Å². The van der Waals surface area contributed by atoms with Crippen molar-refractivity contribution in [2.75, 3.05) is 46.4 Å². The number of methoxy groups -OCH3 is 1. The van der Waals surface area contributed by atoms with Crippen LogP contribution in [-0.4, -0.2) is 61.3 Å². The molecular formula is C15H24N2O2. The maximum Gasteiger partial charge on any atom is 0.118 e. The van der Waals surface area contributed by atoms with E-state index in [2.05, 4.69) is 16.7 Å². The highest BCUT2D eigenvalue weighted by molar-refractivity contribution is 5.28. The lowest BCUT2D eigenvalue weighted by molar-refractivity contribution is 0.0744. The Kier molecular flexibility index (Phi) is 5.19. The van der Waals surface area contributed by atoms with Gasteiger partial charge in [-0.2, -0.15) is 0 Å². The van der Waals surface area contributed by atoms with Crippen LogP contribution in [0.2, 0.25) is 0 Å². The average Bonchev–Trinajstić information content (AvgIpc) is 2.48. The van der Waals surface area contributed by atoms with E-state index >= 15 is 0 Å². The first-order valence-electron chi connectivity index (χ1n) is 6.99. The number of aliphatic hydroxyl groups is 1. The van der Waals surface area contributed by atoms with Crippen molar-refractivity contribution in [1.82, 2.24) is 9.80 Å². The molecule has 1 heterocycles. The van der Waals surface area contributed by atoms with Gasteiger partial charge in [0.2, 0.25) is 0 Å². The molecule has 0 saturated carbocycles. The van der Waals surface area contributed by atoms with Crippen molar-refractivity contribution < 1.29 is 9.84 Å². The van der Waals surface area contributed by atoms with Gasteiger partial charge < -0.3 is 14.7 Å². The molecule has 106 valence electrons. The normalized spacial score (nSPS) is 19.3. The summed E-state index contributed by atoms with van der Waals surface area (Å²) in [7, 11) is 1.65. The molecule has 2 rings (SSSR count). The van der Waals surface area contributed by atoms with Crippen LogP contribution >= 0.6 is 0 Å². The number of hydrogen-bond donors (Lipinski definition) is 1. The van der Waals surface area contributed by atoms with Crippen molar-refractivity contribution in [3.8, 4) is 5.75 Å². The third-order valence-electron chi connectivity index (χ3n) is 3.84. The molecule has 1 fully saturated rings. The van der Waals surface area contributed by atoms with Crippen LogP contribution in [0.15, 0.2) is 24.3 Å². The highest BCUT2D eigenvalue weighted by Gasteiger charge is 2.18. The van der Waals surface area contributed by atoms with Crippen molar-refractivity contribution in [3.63, 3.8) is 0 Å². The molecule has 1 atom stereocenters. The van der Waals surface area contributed by atoms with E-state index in [-0.39, 0.29) is 0 Å². The van der Waals surface area contributed by atoms with E-state index in [0.29, 0.717) is 6.54 Å². The Morgan fingerprint density at radius 1 is 1.11 bits per heavy atom. The number of hydrogen-bond acceptors (Lipinski definition) is 4. The Morgan fingerprint density at radius 3 is 2.21 bits per heavy atom. The Balaban J connectivity index is 1.85. The Labute approximate surface area is 115 Å². The molecule has 0 aromatic heterocycles. The van der Waals surface area contributed by atoms with Gasteiger partial charge in [-0.15, -0.1) is 0 Å². The predicted molar refractivity (Wildman–Crippen MR) is 76.5 cm³/mol. The molecule has 0 radical (unpaired) electrons. The van der Waals surface area contributed by atoms with Gasteiger partial charge in [-0.3, -0.25) is 4.90 Å². The number of aliphatic hydroxyl groups excluding tert-OH is 1. The second-order valence-electron chi connectivity index (χ2n) is 5.02. The van der Waals surface area contributed by atoms with Crippen molar-refractivity contribution in [2.24, 2.45) is 0 Å². The van der Waals surface area contributed by atoms with E-state index in [0.717, 1.165) is 44.0 Å². The van der Waals surface area contributed by atoms with Gasteiger partial charge in [-0.25, -0.2) is 0 Å². The van der Waals surface area contributed by atoms with Crippen LogP contribution in [-0.2, 0) is 0 Å². The summed E-state index contributed by atoms with van der Waals surface area (Å²) >= 11 is 0. The topological polar surface area (TPSA) is 35.9 Å². The van der Waals surface area contributed by atoms with E-state index in [1.54, 1.807) is 7.11 Å². The van der Waals surface area contributed by atoms with E-state index in [4.69, 9.17) is 4.74 Å². The van der Waals surface area contributed by atoms with Gasteiger partial charge >= 0.3 is 0 Å². The lowest BCUT2D eigenvalue weighted by Crippen LogP contribution is -2.47. The Hall–Kier alpha value is -1.10. The largest absolute Gasteiger partial charge is 0.497 e. The summed E-state index contributed by atoms with van der Waals surface area (Å²) in [5.74, 6) is 0.826. The second-order valence-corrected chi connectivity index (χ2v) is 5.02. The van der Waals surface area contributed by atoms with Gasteiger partial charge in [0.1, 0.15) is 5.75 Å². The van der Waals surface area contributed by atoms with Gasteiger partial charge in [0.05, 0.1) is 13.2 Å². The highest BCUT2D eigenvalue weighted by Crippen LogP contribution is 2.19. The van der Waals surface area contributed by atoms with Crippen LogP contribution in [0.5, 0.6) is 5.75 Å². The zero-order valence-corrected chi connectivity index (χ0v) is 11.9. The number of piperazine rings is 1. The zero-order chi connectivity index (χ0) is 13.7. The van der Waals surface area contributed by atoms with Crippen LogP contribution in [0.4, 0.5) is 0 Å². The quantitative estimate of drug-likeness (QED) is 0.871. The molecule has 19 heavy (non-hydrogen) atoms. The van der Waals surface area contributed by atoms with Crippen molar-refractivity contribution in [1.29, 1.82) is 0 Å².